The highest BCUT2D eigenvalue weighted by Crippen LogP contribution is 2.31. The van der Waals surface area contributed by atoms with Gasteiger partial charge in [-0.2, -0.15) is 0 Å². The van der Waals surface area contributed by atoms with Crippen LogP contribution in [-0.2, 0) is 4.79 Å². The monoisotopic (exact) mass is 439 g/mol. The van der Waals surface area contributed by atoms with Crippen molar-refractivity contribution < 1.29 is 9.59 Å². The van der Waals surface area contributed by atoms with E-state index in [-0.39, 0.29) is 17.9 Å². The molecule has 1 aliphatic heterocycles. The third-order valence-corrected chi connectivity index (χ3v) is 6.50. The lowest BCUT2D eigenvalue weighted by Gasteiger charge is -2.41. The predicted octanol–water partition coefficient (Wildman–Crippen LogP) is 4.08. The fraction of sp³-hybridized carbons (Fsp3) is 0.636. The molecule has 7 heteroatoms. The fourth-order valence-corrected chi connectivity index (χ4v) is 4.89. The molecule has 0 aromatic heterocycles. The molecule has 1 aromatic carbocycles. The minimum absolute atomic E-state index is 0.0759. The summed E-state index contributed by atoms with van der Waals surface area (Å²) in [4.78, 5) is 30.0. The molecular weight excluding hydrogens is 409 g/mol. The molecule has 1 aliphatic carbocycles. The number of nitrogens with one attached hydrogen (secondary N) is 1. The summed E-state index contributed by atoms with van der Waals surface area (Å²) in [6.45, 7) is 7.52. The Hall–Kier alpha value is -1.30. The van der Waals surface area contributed by atoms with Crippen molar-refractivity contribution in [1.82, 2.24) is 15.1 Å². The van der Waals surface area contributed by atoms with Gasteiger partial charge in [-0.15, -0.1) is 0 Å². The largest absolute Gasteiger partial charge is 0.354 e. The summed E-state index contributed by atoms with van der Waals surface area (Å²) in [5.41, 5.74) is 0.478. The Labute approximate surface area is 183 Å². The van der Waals surface area contributed by atoms with Crippen LogP contribution in [0, 0.1) is 11.8 Å². The van der Waals surface area contributed by atoms with Crippen molar-refractivity contribution in [2.45, 2.75) is 45.6 Å². The second-order valence-electron chi connectivity index (χ2n) is 8.58. The molecule has 3 rings (SSSR count). The molecular formula is C22H31Cl2N3O2. The van der Waals surface area contributed by atoms with Crippen molar-refractivity contribution in [3.8, 4) is 0 Å². The van der Waals surface area contributed by atoms with E-state index in [1.807, 2.05) is 4.90 Å². The van der Waals surface area contributed by atoms with Crippen LogP contribution >= 0.6 is 23.2 Å². The number of piperazine rings is 1. The van der Waals surface area contributed by atoms with Gasteiger partial charge in [0, 0.05) is 37.7 Å². The van der Waals surface area contributed by atoms with Gasteiger partial charge in [0.1, 0.15) is 0 Å². The molecule has 2 amide bonds. The maximum Gasteiger partial charge on any atom is 0.255 e. The van der Waals surface area contributed by atoms with Crippen molar-refractivity contribution in [3.63, 3.8) is 0 Å². The first-order chi connectivity index (χ1) is 13.9. The molecule has 1 heterocycles. The highest BCUT2D eigenvalue weighted by atomic mass is 35.5. The van der Waals surface area contributed by atoms with Gasteiger partial charge >= 0.3 is 0 Å². The number of rotatable bonds is 6. The van der Waals surface area contributed by atoms with Gasteiger partial charge < -0.3 is 10.2 Å². The van der Waals surface area contributed by atoms with Gasteiger partial charge in [-0.1, -0.05) is 49.9 Å². The molecule has 0 unspecified atom stereocenters. The topological polar surface area (TPSA) is 52.7 Å². The summed E-state index contributed by atoms with van der Waals surface area (Å²) in [5.74, 6) is 0.913. The van der Waals surface area contributed by atoms with Crippen LogP contribution in [0.2, 0.25) is 10.0 Å². The third-order valence-electron chi connectivity index (χ3n) is 5.96. The summed E-state index contributed by atoms with van der Waals surface area (Å²) in [6, 6.07) is 4.88. The number of benzene rings is 1. The quantitative estimate of drug-likeness (QED) is 0.725. The van der Waals surface area contributed by atoms with Crippen LogP contribution in [0.1, 0.15) is 49.9 Å². The third kappa shape index (κ3) is 5.65. The Morgan fingerprint density at radius 1 is 1.10 bits per heavy atom. The average molecular weight is 440 g/mol. The normalized spacial score (nSPS) is 19.6. The van der Waals surface area contributed by atoms with Crippen molar-refractivity contribution in [2.75, 3.05) is 32.7 Å². The molecule has 2 aliphatic rings. The van der Waals surface area contributed by atoms with E-state index in [1.165, 1.54) is 12.8 Å². The van der Waals surface area contributed by atoms with Crippen LogP contribution < -0.4 is 5.32 Å². The van der Waals surface area contributed by atoms with E-state index in [0.29, 0.717) is 60.2 Å². The van der Waals surface area contributed by atoms with Gasteiger partial charge in [0.2, 0.25) is 5.91 Å². The maximum atomic E-state index is 13.0. The van der Waals surface area contributed by atoms with Gasteiger partial charge in [0.15, 0.2) is 0 Å². The SMILES string of the molecule is CC(C)CNC(=O)[C@@H](C1CCCC1)N1CCN(C(=O)c2ccc(Cl)cc2Cl)CC1. The van der Waals surface area contributed by atoms with Gasteiger partial charge in [0.05, 0.1) is 16.6 Å². The Balaban J connectivity index is 1.64. The molecule has 0 radical (unpaired) electrons. The smallest absolute Gasteiger partial charge is 0.255 e. The Kier molecular flexibility index (Phi) is 7.83. The molecule has 1 aromatic rings. The number of halogens is 2. The zero-order valence-corrected chi connectivity index (χ0v) is 18.8. The second kappa shape index (κ2) is 10.1. The molecule has 0 bridgehead atoms. The molecule has 1 saturated carbocycles. The zero-order chi connectivity index (χ0) is 21.0. The van der Waals surface area contributed by atoms with Crippen LogP contribution in [0.5, 0.6) is 0 Å². The van der Waals surface area contributed by atoms with Crippen molar-refractivity contribution in [1.29, 1.82) is 0 Å². The lowest BCUT2D eigenvalue weighted by Crippen LogP contribution is -2.58. The summed E-state index contributed by atoms with van der Waals surface area (Å²) in [7, 11) is 0. The average Bonchev–Trinajstić information content (AvgIpc) is 3.21. The van der Waals surface area contributed by atoms with Crippen molar-refractivity contribution >= 4 is 35.0 Å². The Morgan fingerprint density at radius 2 is 1.76 bits per heavy atom. The molecule has 0 spiro atoms. The first-order valence-corrected chi connectivity index (χ1v) is 11.4. The second-order valence-corrected chi connectivity index (χ2v) is 9.42. The lowest BCUT2D eigenvalue weighted by atomic mass is 9.94. The van der Waals surface area contributed by atoms with Crippen LogP contribution in [-0.4, -0.2) is 60.4 Å². The number of carbonyl (C=O) groups is 2. The van der Waals surface area contributed by atoms with Gasteiger partial charge in [-0.05, 0) is 42.9 Å². The minimum Gasteiger partial charge on any atom is -0.354 e. The van der Waals surface area contributed by atoms with Gasteiger partial charge in [0.25, 0.3) is 5.91 Å². The number of carbonyl (C=O) groups excluding carboxylic acids is 2. The van der Waals surface area contributed by atoms with Crippen LogP contribution in [0.15, 0.2) is 18.2 Å². The van der Waals surface area contributed by atoms with Gasteiger partial charge in [-0.3, -0.25) is 14.5 Å². The van der Waals surface area contributed by atoms with Crippen LogP contribution in [0.25, 0.3) is 0 Å². The molecule has 1 saturated heterocycles. The van der Waals surface area contributed by atoms with Crippen molar-refractivity contribution in [3.05, 3.63) is 33.8 Å². The summed E-state index contributed by atoms with van der Waals surface area (Å²) in [5, 5.41) is 4.03. The first kappa shape index (κ1) is 22.4. The van der Waals surface area contributed by atoms with Crippen LogP contribution in [0.4, 0.5) is 0 Å². The lowest BCUT2D eigenvalue weighted by molar-refractivity contribution is -0.129. The maximum absolute atomic E-state index is 13.0. The van der Waals surface area contributed by atoms with E-state index in [0.717, 1.165) is 12.8 Å². The number of nitrogens with zero attached hydrogens (tertiary/aromatic N) is 2. The Bertz CT molecular complexity index is 727. The summed E-state index contributed by atoms with van der Waals surface area (Å²) >= 11 is 12.2. The minimum atomic E-state index is -0.0902. The number of hydrogen-bond donors (Lipinski definition) is 1. The van der Waals surface area contributed by atoms with E-state index >= 15 is 0 Å². The van der Waals surface area contributed by atoms with E-state index in [2.05, 4.69) is 24.1 Å². The molecule has 1 N–H and O–H groups in total. The number of amides is 2. The highest BCUT2D eigenvalue weighted by molar-refractivity contribution is 6.36. The summed E-state index contributed by atoms with van der Waals surface area (Å²) in [6.07, 6.45) is 4.62. The van der Waals surface area contributed by atoms with E-state index in [4.69, 9.17) is 23.2 Å². The highest BCUT2D eigenvalue weighted by Gasteiger charge is 2.37. The zero-order valence-electron chi connectivity index (χ0n) is 17.3. The predicted molar refractivity (Wildman–Crippen MR) is 118 cm³/mol. The summed E-state index contributed by atoms with van der Waals surface area (Å²) < 4.78 is 0. The van der Waals surface area contributed by atoms with Crippen LogP contribution in [0.3, 0.4) is 0 Å². The standard InChI is InChI=1S/C22H31Cl2N3O2/c1-15(2)14-25-21(28)20(16-5-3-4-6-16)26-9-11-27(12-10-26)22(29)18-8-7-17(23)13-19(18)24/h7-8,13,15-16,20H,3-6,9-12,14H2,1-2H3,(H,25,28)/t20-/m1/s1. The van der Waals surface area contributed by atoms with E-state index in [9.17, 15) is 9.59 Å². The first-order valence-electron chi connectivity index (χ1n) is 10.6. The Morgan fingerprint density at radius 3 is 2.34 bits per heavy atom. The van der Waals surface area contributed by atoms with Crippen molar-refractivity contribution in [2.24, 2.45) is 11.8 Å². The fourth-order valence-electron chi connectivity index (χ4n) is 4.40. The molecule has 160 valence electrons. The van der Waals surface area contributed by atoms with E-state index < -0.39 is 0 Å². The van der Waals surface area contributed by atoms with Gasteiger partial charge in [-0.25, -0.2) is 0 Å². The molecule has 5 nitrogen and oxygen atoms in total. The molecule has 29 heavy (non-hydrogen) atoms. The molecule has 2 fully saturated rings. The number of hydrogen-bond acceptors (Lipinski definition) is 3. The molecule has 1 atom stereocenters. The van der Waals surface area contributed by atoms with E-state index in [1.54, 1.807) is 18.2 Å².